The molecule has 0 aromatic heterocycles. The second-order valence-electron chi connectivity index (χ2n) is 7.91. The largest absolute Gasteiger partial charge is 0.493 e. The fourth-order valence-corrected chi connectivity index (χ4v) is 4.31. The minimum absolute atomic E-state index is 0.150. The molecule has 1 aliphatic heterocycles. The first-order chi connectivity index (χ1) is 17.5. The summed E-state index contributed by atoms with van der Waals surface area (Å²) in [6, 6.07) is 22.4. The van der Waals surface area contributed by atoms with Gasteiger partial charge in [0.15, 0.2) is 11.5 Å². The second-order valence-corrected chi connectivity index (χ2v) is 8.90. The molecule has 0 aliphatic carbocycles. The fourth-order valence-electron chi connectivity index (χ4n) is 3.44. The smallest absolute Gasteiger partial charge is 0.293 e. The number of rotatable bonds is 11. The van der Waals surface area contributed by atoms with Gasteiger partial charge >= 0.3 is 0 Å². The minimum Gasteiger partial charge on any atom is -0.493 e. The molecular weight excluding hydrogens is 478 g/mol. The van der Waals surface area contributed by atoms with Crippen molar-refractivity contribution in [2.75, 3.05) is 33.5 Å². The molecule has 0 unspecified atom stereocenters. The number of benzene rings is 3. The number of ether oxygens (including phenoxy) is 4. The lowest BCUT2D eigenvalue weighted by Crippen LogP contribution is -2.32. The first kappa shape index (κ1) is 25.2. The van der Waals surface area contributed by atoms with Crippen molar-refractivity contribution in [2.24, 2.45) is 0 Å². The average molecular weight is 506 g/mol. The molecule has 3 aromatic rings. The van der Waals surface area contributed by atoms with E-state index in [1.807, 2.05) is 67.6 Å². The third-order valence-corrected chi connectivity index (χ3v) is 6.24. The molecule has 1 fully saturated rings. The van der Waals surface area contributed by atoms with Gasteiger partial charge in [-0.3, -0.25) is 14.5 Å². The van der Waals surface area contributed by atoms with E-state index in [0.717, 1.165) is 23.1 Å². The Morgan fingerprint density at radius 2 is 1.39 bits per heavy atom. The summed E-state index contributed by atoms with van der Waals surface area (Å²) >= 11 is 0.921. The SMILES string of the molecule is COc1ccccc1OCCN1C(=O)S/C(=C\c2ccc(OCCOc3ccc(C)cc3)cc2)C1=O. The van der Waals surface area contributed by atoms with Crippen LogP contribution in [0, 0.1) is 6.92 Å². The molecule has 0 radical (unpaired) electrons. The molecule has 2 amide bonds. The third kappa shape index (κ3) is 6.60. The number of imide groups is 1. The van der Waals surface area contributed by atoms with E-state index >= 15 is 0 Å². The van der Waals surface area contributed by atoms with E-state index in [1.54, 1.807) is 25.3 Å². The summed E-state index contributed by atoms with van der Waals surface area (Å²) in [4.78, 5) is 26.7. The maximum absolute atomic E-state index is 12.8. The number of amides is 2. The highest BCUT2D eigenvalue weighted by Crippen LogP contribution is 2.32. The Labute approximate surface area is 214 Å². The quantitative estimate of drug-likeness (QED) is 0.249. The molecule has 7 nitrogen and oxygen atoms in total. The summed E-state index contributed by atoms with van der Waals surface area (Å²) in [7, 11) is 1.56. The molecule has 3 aromatic carbocycles. The Hall–Kier alpha value is -3.91. The van der Waals surface area contributed by atoms with Gasteiger partial charge in [-0.1, -0.05) is 42.0 Å². The zero-order valence-corrected chi connectivity index (χ0v) is 21.0. The van der Waals surface area contributed by atoms with Crippen LogP contribution in [-0.4, -0.2) is 49.5 Å². The van der Waals surface area contributed by atoms with Gasteiger partial charge in [0.05, 0.1) is 18.6 Å². The Morgan fingerprint density at radius 3 is 2.03 bits per heavy atom. The van der Waals surface area contributed by atoms with Crippen LogP contribution in [0.5, 0.6) is 23.0 Å². The van der Waals surface area contributed by atoms with E-state index in [1.165, 1.54) is 10.5 Å². The molecule has 186 valence electrons. The van der Waals surface area contributed by atoms with Crippen molar-refractivity contribution in [1.82, 2.24) is 4.90 Å². The van der Waals surface area contributed by atoms with E-state index in [2.05, 4.69) is 0 Å². The normalized spacial score (nSPS) is 14.3. The van der Waals surface area contributed by atoms with Gasteiger partial charge in [-0.15, -0.1) is 0 Å². The number of nitrogens with zero attached hydrogens (tertiary/aromatic N) is 1. The molecule has 1 aliphatic rings. The number of hydrogen-bond donors (Lipinski definition) is 0. The summed E-state index contributed by atoms with van der Waals surface area (Å²) in [5.41, 5.74) is 1.98. The predicted octanol–water partition coefficient (Wildman–Crippen LogP) is 5.58. The Kier molecular flexibility index (Phi) is 8.52. The maximum atomic E-state index is 12.8. The van der Waals surface area contributed by atoms with Crippen molar-refractivity contribution in [1.29, 1.82) is 0 Å². The summed E-state index contributed by atoms with van der Waals surface area (Å²) in [5.74, 6) is 2.33. The van der Waals surface area contributed by atoms with Crippen LogP contribution in [0.4, 0.5) is 4.79 Å². The van der Waals surface area contributed by atoms with Crippen molar-refractivity contribution in [3.63, 3.8) is 0 Å². The summed E-state index contributed by atoms with van der Waals surface area (Å²) in [5, 5.41) is -0.316. The molecule has 0 saturated carbocycles. The molecule has 36 heavy (non-hydrogen) atoms. The van der Waals surface area contributed by atoms with Crippen molar-refractivity contribution >= 4 is 29.0 Å². The number of para-hydroxylation sites is 2. The van der Waals surface area contributed by atoms with Gasteiger partial charge in [0.2, 0.25) is 0 Å². The molecule has 0 spiro atoms. The molecule has 0 atom stereocenters. The molecule has 1 saturated heterocycles. The highest BCUT2D eigenvalue weighted by atomic mass is 32.2. The van der Waals surface area contributed by atoms with Gasteiger partial charge in [0.1, 0.15) is 31.3 Å². The molecule has 4 rings (SSSR count). The molecule has 8 heteroatoms. The maximum Gasteiger partial charge on any atom is 0.293 e. The average Bonchev–Trinajstić information content (AvgIpc) is 3.16. The van der Waals surface area contributed by atoms with E-state index in [-0.39, 0.29) is 24.3 Å². The number of carbonyl (C=O) groups is 2. The van der Waals surface area contributed by atoms with Gasteiger partial charge in [-0.25, -0.2) is 0 Å². The number of methoxy groups -OCH3 is 1. The lowest BCUT2D eigenvalue weighted by atomic mass is 10.2. The number of carbonyl (C=O) groups excluding carboxylic acids is 2. The molecule has 0 bridgehead atoms. The zero-order valence-electron chi connectivity index (χ0n) is 20.1. The highest BCUT2D eigenvalue weighted by Gasteiger charge is 2.34. The standard InChI is InChI=1S/C28H27NO6S/c1-20-7-11-22(12-8-20)33-17-18-34-23-13-9-21(10-14-23)19-26-27(30)29(28(31)36-26)15-16-35-25-6-4-3-5-24(25)32-2/h3-14,19H,15-18H2,1-2H3/b26-19-. The Morgan fingerprint density at radius 1 is 0.778 bits per heavy atom. The van der Waals surface area contributed by atoms with Crippen molar-refractivity contribution < 1.29 is 28.5 Å². The summed E-state index contributed by atoms with van der Waals surface area (Å²) in [6.45, 7) is 3.19. The first-order valence-corrected chi connectivity index (χ1v) is 12.3. The van der Waals surface area contributed by atoms with Gasteiger partial charge in [0, 0.05) is 0 Å². The second kappa shape index (κ2) is 12.2. The topological polar surface area (TPSA) is 74.3 Å². The minimum atomic E-state index is -0.331. The Bertz CT molecular complexity index is 1220. The van der Waals surface area contributed by atoms with E-state index < -0.39 is 0 Å². The van der Waals surface area contributed by atoms with Crippen molar-refractivity contribution in [2.45, 2.75) is 6.92 Å². The number of hydrogen-bond acceptors (Lipinski definition) is 7. The first-order valence-electron chi connectivity index (χ1n) is 11.5. The van der Waals surface area contributed by atoms with Crippen LogP contribution < -0.4 is 18.9 Å². The van der Waals surface area contributed by atoms with Crippen LogP contribution in [0.2, 0.25) is 0 Å². The van der Waals surface area contributed by atoms with Crippen LogP contribution >= 0.6 is 11.8 Å². The van der Waals surface area contributed by atoms with E-state index in [4.69, 9.17) is 18.9 Å². The van der Waals surface area contributed by atoms with Crippen LogP contribution in [0.1, 0.15) is 11.1 Å². The predicted molar refractivity (Wildman–Crippen MR) is 140 cm³/mol. The highest BCUT2D eigenvalue weighted by molar-refractivity contribution is 8.18. The van der Waals surface area contributed by atoms with Gasteiger partial charge < -0.3 is 18.9 Å². The monoisotopic (exact) mass is 505 g/mol. The lowest BCUT2D eigenvalue weighted by molar-refractivity contribution is -0.123. The number of aryl methyl sites for hydroxylation is 1. The summed E-state index contributed by atoms with van der Waals surface area (Å²) in [6.07, 6.45) is 1.70. The van der Waals surface area contributed by atoms with Crippen LogP contribution in [-0.2, 0) is 4.79 Å². The summed E-state index contributed by atoms with van der Waals surface area (Å²) < 4.78 is 22.3. The van der Waals surface area contributed by atoms with Gasteiger partial charge in [-0.05, 0) is 66.7 Å². The lowest BCUT2D eigenvalue weighted by Gasteiger charge is -2.14. The van der Waals surface area contributed by atoms with E-state index in [0.29, 0.717) is 35.4 Å². The van der Waals surface area contributed by atoms with Crippen LogP contribution in [0.15, 0.2) is 77.7 Å². The molecular formula is C28H27NO6S. The molecule has 0 N–H and O–H groups in total. The van der Waals surface area contributed by atoms with Gasteiger partial charge in [0.25, 0.3) is 11.1 Å². The third-order valence-electron chi connectivity index (χ3n) is 5.33. The van der Waals surface area contributed by atoms with Crippen LogP contribution in [0.25, 0.3) is 6.08 Å². The molecule has 1 heterocycles. The van der Waals surface area contributed by atoms with Gasteiger partial charge in [-0.2, -0.15) is 0 Å². The van der Waals surface area contributed by atoms with Crippen molar-refractivity contribution in [3.05, 3.63) is 88.8 Å². The van der Waals surface area contributed by atoms with Crippen LogP contribution in [0.3, 0.4) is 0 Å². The zero-order chi connectivity index (χ0) is 25.3. The number of thioether (sulfide) groups is 1. The Balaban J connectivity index is 1.25. The van der Waals surface area contributed by atoms with Crippen molar-refractivity contribution in [3.8, 4) is 23.0 Å². The fraction of sp³-hybridized carbons (Fsp3) is 0.214. The van der Waals surface area contributed by atoms with E-state index in [9.17, 15) is 9.59 Å².